The highest BCUT2D eigenvalue weighted by atomic mass is 16.5. The first-order chi connectivity index (χ1) is 10.9. The van der Waals surface area contributed by atoms with E-state index in [2.05, 4.69) is 29.2 Å². The van der Waals surface area contributed by atoms with Crippen molar-refractivity contribution in [1.82, 2.24) is 4.90 Å². The smallest absolute Gasteiger partial charge is 0.0900 e. The van der Waals surface area contributed by atoms with Crippen LogP contribution in [0.2, 0.25) is 0 Å². The van der Waals surface area contributed by atoms with Crippen LogP contribution in [0.3, 0.4) is 0 Å². The summed E-state index contributed by atoms with van der Waals surface area (Å²) in [5, 5.41) is 10.3. The van der Waals surface area contributed by atoms with Gasteiger partial charge in [-0.3, -0.25) is 4.90 Å². The minimum Gasteiger partial charge on any atom is -0.389 e. The third kappa shape index (κ3) is 7.44. The van der Waals surface area contributed by atoms with Gasteiger partial charge in [0.25, 0.3) is 0 Å². The fourth-order valence-corrected chi connectivity index (χ4v) is 2.82. The standard InChI is InChI=1S/C19H31NO3/c1-19(2,3)23-15-17(21)13-20(14-18-10-7-11-22-18)12-16-8-5-4-6-9-16/h4-6,8-9,17-18,21H,7,10-15H2,1-3H3/t17-,18-/m1/s1. The molecule has 0 unspecified atom stereocenters. The second-order valence-electron chi connectivity index (χ2n) is 7.39. The minimum absolute atomic E-state index is 0.222. The molecule has 0 spiro atoms. The van der Waals surface area contributed by atoms with Gasteiger partial charge in [-0.2, -0.15) is 0 Å². The lowest BCUT2D eigenvalue weighted by Gasteiger charge is -2.29. The average Bonchev–Trinajstić information content (AvgIpc) is 2.98. The Bertz CT molecular complexity index is 438. The number of nitrogens with zero attached hydrogens (tertiary/aromatic N) is 1. The Morgan fingerprint density at radius 1 is 1.30 bits per heavy atom. The number of hydrogen-bond acceptors (Lipinski definition) is 4. The van der Waals surface area contributed by atoms with Crippen molar-refractivity contribution in [2.24, 2.45) is 0 Å². The predicted octanol–water partition coefficient (Wildman–Crippen LogP) is 2.84. The van der Waals surface area contributed by atoms with Crippen LogP contribution >= 0.6 is 0 Å². The summed E-state index contributed by atoms with van der Waals surface area (Å²) in [5.41, 5.74) is 1.04. The maximum absolute atomic E-state index is 10.3. The summed E-state index contributed by atoms with van der Waals surface area (Å²) in [5.74, 6) is 0. The van der Waals surface area contributed by atoms with E-state index in [9.17, 15) is 5.11 Å². The quantitative estimate of drug-likeness (QED) is 0.799. The lowest BCUT2D eigenvalue weighted by molar-refractivity contribution is -0.0594. The van der Waals surface area contributed by atoms with Gasteiger partial charge in [0.05, 0.1) is 24.4 Å². The SMILES string of the molecule is CC(C)(C)OC[C@H](O)CN(Cc1ccccc1)C[C@H]1CCCO1. The van der Waals surface area contributed by atoms with Crippen LogP contribution in [0.5, 0.6) is 0 Å². The zero-order chi connectivity index (χ0) is 16.7. The van der Waals surface area contributed by atoms with E-state index in [1.807, 2.05) is 26.8 Å². The Balaban J connectivity index is 1.89. The molecule has 1 saturated heterocycles. The van der Waals surface area contributed by atoms with E-state index >= 15 is 0 Å². The summed E-state index contributed by atoms with van der Waals surface area (Å²) in [4.78, 5) is 2.28. The topological polar surface area (TPSA) is 41.9 Å². The molecule has 2 rings (SSSR count). The highest BCUT2D eigenvalue weighted by Gasteiger charge is 2.22. The monoisotopic (exact) mass is 321 g/mol. The summed E-state index contributed by atoms with van der Waals surface area (Å²) in [6.07, 6.45) is 2.05. The molecule has 2 atom stereocenters. The van der Waals surface area contributed by atoms with E-state index in [4.69, 9.17) is 9.47 Å². The number of aliphatic hydroxyl groups is 1. The number of ether oxygens (including phenoxy) is 2. The first kappa shape index (κ1) is 18.4. The summed E-state index contributed by atoms with van der Waals surface area (Å²) >= 11 is 0. The van der Waals surface area contributed by atoms with Crippen molar-refractivity contribution in [2.45, 2.75) is 58.0 Å². The third-order valence-corrected chi connectivity index (χ3v) is 3.91. The van der Waals surface area contributed by atoms with Gasteiger partial charge < -0.3 is 14.6 Å². The first-order valence-corrected chi connectivity index (χ1v) is 8.62. The zero-order valence-corrected chi connectivity index (χ0v) is 14.7. The van der Waals surface area contributed by atoms with Crippen LogP contribution in [0.4, 0.5) is 0 Å². The molecular weight excluding hydrogens is 290 g/mol. The van der Waals surface area contributed by atoms with Gasteiger partial charge in [0.1, 0.15) is 0 Å². The van der Waals surface area contributed by atoms with Crippen LogP contribution in [0.1, 0.15) is 39.2 Å². The van der Waals surface area contributed by atoms with E-state index in [-0.39, 0.29) is 11.7 Å². The van der Waals surface area contributed by atoms with Crippen molar-refractivity contribution < 1.29 is 14.6 Å². The Hall–Kier alpha value is -0.940. The van der Waals surface area contributed by atoms with Crippen LogP contribution in [0, 0.1) is 0 Å². The summed E-state index contributed by atoms with van der Waals surface area (Å²) in [6, 6.07) is 10.4. The average molecular weight is 321 g/mol. The molecule has 23 heavy (non-hydrogen) atoms. The van der Waals surface area contributed by atoms with Crippen molar-refractivity contribution in [3.8, 4) is 0 Å². The molecule has 4 heteroatoms. The normalized spacial score (nSPS) is 20.1. The van der Waals surface area contributed by atoms with Gasteiger partial charge in [-0.1, -0.05) is 30.3 Å². The molecule has 0 amide bonds. The summed E-state index contributed by atoms with van der Waals surface area (Å²) < 4.78 is 11.5. The molecule has 0 aliphatic carbocycles. The molecule has 1 aliphatic rings. The molecule has 1 aromatic rings. The Morgan fingerprint density at radius 2 is 2.04 bits per heavy atom. The maximum atomic E-state index is 10.3. The largest absolute Gasteiger partial charge is 0.389 e. The molecule has 0 aromatic heterocycles. The van der Waals surface area contributed by atoms with Crippen LogP contribution in [0.15, 0.2) is 30.3 Å². The molecule has 1 aromatic carbocycles. The Morgan fingerprint density at radius 3 is 2.65 bits per heavy atom. The second kappa shape index (κ2) is 8.78. The van der Waals surface area contributed by atoms with Crippen LogP contribution in [-0.4, -0.2) is 54.1 Å². The summed E-state index contributed by atoms with van der Waals surface area (Å²) in [6.45, 7) is 9.54. The molecule has 1 heterocycles. The molecule has 1 aliphatic heterocycles. The molecule has 0 bridgehead atoms. The number of rotatable bonds is 8. The van der Waals surface area contributed by atoms with Gasteiger partial charge in [-0.25, -0.2) is 0 Å². The molecule has 0 radical (unpaired) electrons. The number of hydrogen-bond donors (Lipinski definition) is 1. The van der Waals surface area contributed by atoms with Gasteiger partial charge in [0.2, 0.25) is 0 Å². The molecular formula is C19H31NO3. The lowest BCUT2D eigenvalue weighted by Crippen LogP contribution is -2.40. The molecule has 0 saturated carbocycles. The third-order valence-electron chi connectivity index (χ3n) is 3.91. The van der Waals surface area contributed by atoms with Crippen molar-refractivity contribution >= 4 is 0 Å². The molecule has 1 fully saturated rings. The Labute approximate surface area is 140 Å². The van der Waals surface area contributed by atoms with Crippen molar-refractivity contribution in [2.75, 3.05) is 26.3 Å². The van der Waals surface area contributed by atoms with E-state index < -0.39 is 6.10 Å². The molecule has 130 valence electrons. The minimum atomic E-state index is -0.487. The first-order valence-electron chi connectivity index (χ1n) is 8.62. The fourth-order valence-electron chi connectivity index (χ4n) is 2.82. The van der Waals surface area contributed by atoms with Gasteiger partial charge >= 0.3 is 0 Å². The highest BCUT2D eigenvalue weighted by molar-refractivity contribution is 5.14. The molecule has 4 nitrogen and oxygen atoms in total. The second-order valence-corrected chi connectivity index (χ2v) is 7.39. The lowest BCUT2D eigenvalue weighted by atomic mass is 10.1. The number of benzene rings is 1. The molecule has 1 N–H and O–H groups in total. The zero-order valence-electron chi connectivity index (χ0n) is 14.7. The van der Waals surface area contributed by atoms with E-state index in [0.29, 0.717) is 13.2 Å². The van der Waals surface area contributed by atoms with Crippen molar-refractivity contribution in [3.63, 3.8) is 0 Å². The van der Waals surface area contributed by atoms with Crippen LogP contribution < -0.4 is 0 Å². The van der Waals surface area contributed by atoms with Gasteiger partial charge in [-0.15, -0.1) is 0 Å². The van der Waals surface area contributed by atoms with E-state index in [1.165, 1.54) is 5.56 Å². The van der Waals surface area contributed by atoms with Crippen LogP contribution in [-0.2, 0) is 16.0 Å². The van der Waals surface area contributed by atoms with Crippen molar-refractivity contribution in [1.29, 1.82) is 0 Å². The van der Waals surface area contributed by atoms with E-state index in [1.54, 1.807) is 0 Å². The van der Waals surface area contributed by atoms with E-state index in [0.717, 1.165) is 32.5 Å². The fraction of sp³-hybridized carbons (Fsp3) is 0.684. The predicted molar refractivity (Wildman–Crippen MR) is 92.4 cm³/mol. The van der Waals surface area contributed by atoms with Gasteiger partial charge in [0.15, 0.2) is 0 Å². The Kier molecular flexibility index (Phi) is 7.03. The highest BCUT2D eigenvalue weighted by Crippen LogP contribution is 2.16. The van der Waals surface area contributed by atoms with Crippen LogP contribution in [0.25, 0.3) is 0 Å². The summed E-state index contributed by atoms with van der Waals surface area (Å²) in [7, 11) is 0. The van der Waals surface area contributed by atoms with Crippen molar-refractivity contribution in [3.05, 3.63) is 35.9 Å². The van der Waals surface area contributed by atoms with Gasteiger partial charge in [0, 0.05) is 26.2 Å². The maximum Gasteiger partial charge on any atom is 0.0900 e. The van der Waals surface area contributed by atoms with Gasteiger partial charge in [-0.05, 0) is 39.2 Å². The number of aliphatic hydroxyl groups excluding tert-OH is 1.